The smallest absolute Gasteiger partial charge is 0.149 e. The number of nitrogens with zero attached hydrogens (tertiary/aromatic N) is 2. The molecule has 0 aromatic carbocycles. The van der Waals surface area contributed by atoms with Crippen molar-refractivity contribution in [2.24, 2.45) is 0 Å². The summed E-state index contributed by atoms with van der Waals surface area (Å²) >= 11 is 0. The summed E-state index contributed by atoms with van der Waals surface area (Å²) < 4.78 is 0. The Morgan fingerprint density at radius 2 is 2.31 bits per heavy atom. The van der Waals surface area contributed by atoms with Gasteiger partial charge in [-0.15, -0.1) is 10.2 Å². The van der Waals surface area contributed by atoms with Gasteiger partial charge in [0.25, 0.3) is 0 Å². The molecule has 0 radical (unpaired) electrons. The van der Waals surface area contributed by atoms with Gasteiger partial charge in [0.15, 0.2) is 0 Å². The Labute approximate surface area is 77.9 Å². The molecule has 0 saturated heterocycles. The van der Waals surface area contributed by atoms with Gasteiger partial charge in [-0.3, -0.25) is 0 Å². The lowest BCUT2D eigenvalue weighted by molar-refractivity contribution is 0.998. The van der Waals surface area contributed by atoms with Crippen LogP contribution in [0.1, 0.15) is 13.3 Å². The van der Waals surface area contributed by atoms with Crippen LogP contribution in [0.5, 0.6) is 0 Å². The van der Waals surface area contributed by atoms with Gasteiger partial charge in [0.05, 0.1) is 0 Å². The van der Waals surface area contributed by atoms with E-state index in [0.717, 1.165) is 24.4 Å². The third kappa shape index (κ3) is 3.11. The van der Waals surface area contributed by atoms with Crippen LogP contribution >= 0.6 is 0 Å². The molecule has 13 heavy (non-hydrogen) atoms. The third-order valence-electron chi connectivity index (χ3n) is 1.70. The summed E-state index contributed by atoms with van der Waals surface area (Å²) in [5.41, 5.74) is 6.53. The molecular weight excluding hydrogens is 164 g/mol. The predicted octanol–water partition coefficient (Wildman–Crippen LogP) is 1.44. The maximum Gasteiger partial charge on any atom is 0.149 e. The van der Waals surface area contributed by atoms with E-state index in [9.17, 15) is 0 Å². The van der Waals surface area contributed by atoms with Crippen molar-refractivity contribution in [2.45, 2.75) is 13.3 Å². The van der Waals surface area contributed by atoms with Crippen molar-refractivity contribution in [2.75, 3.05) is 17.6 Å². The van der Waals surface area contributed by atoms with Crippen molar-refractivity contribution in [3.63, 3.8) is 0 Å². The highest BCUT2D eigenvalue weighted by Crippen LogP contribution is 2.04. The molecule has 0 saturated carbocycles. The van der Waals surface area contributed by atoms with Crippen molar-refractivity contribution in [1.29, 1.82) is 0 Å². The summed E-state index contributed by atoms with van der Waals surface area (Å²) in [5, 5.41) is 10.7. The molecule has 4 heteroatoms. The standard InChI is InChI=1S/C9H14N4/c1-3-7(2)6-11-9-5-4-8(10)12-13-9/h4-5H,2-3,6H2,1H3,(H2,10,12)(H,11,13). The molecule has 1 aromatic rings. The van der Waals surface area contributed by atoms with Crippen molar-refractivity contribution < 1.29 is 0 Å². The van der Waals surface area contributed by atoms with Crippen LogP contribution < -0.4 is 11.1 Å². The fourth-order valence-corrected chi connectivity index (χ4v) is 0.777. The summed E-state index contributed by atoms with van der Waals surface area (Å²) in [5.74, 6) is 1.16. The van der Waals surface area contributed by atoms with E-state index in [-0.39, 0.29) is 0 Å². The zero-order valence-corrected chi connectivity index (χ0v) is 7.75. The number of rotatable bonds is 4. The normalized spacial score (nSPS) is 9.62. The Morgan fingerprint density at radius 1 is 1.54 bits per heavy atom. The summed E-state index contributed by atoms with van der Waals surface area (Å²) in [6, 6.07) is 3.51. The molecule has 0 aliphatic rings. The fraction of sp³-hybridized carbons (Fsp3) is 0.333. The van der Waals surface area contributed by atoms with Crippen molar-refractivity contribution in [3.05, 3.63) is 24.3 Å². The van der Waals surface area contributed by atoms with Crippen LogP contribution in [0, 0.1) is 0 Å². The predicted molar refractivity (Wildman–Crippen MR) is 54.4 cm³/mol. The molecule has 0 spiro atoms. The molecule has 1 aromatic heterocycles. The molecule has 1 heterocycles. The van der Waals surface area contributed by atoms with Gasteiger partial charge >= 0.3 is 0 Å². The van der Waals surface area contributed by atoms with E-state index in [1.54, 1.807) is 12.1 Å². The molecule has 4 nitrogen and oxygen atoms in total. The summed E-state index contributed by atoms with van der Waals surface area (Å²) in [4.78, 5) is 0. The van der Waals surface area contributed by atoms with Gasteiger partial charge in [-0.2, -0.15) is 0 Å². The first-order valence-electron chi connectivity index (χ1n) is 4.22. The van der Waals surface area contributed by atoms with Gasteiger partial charge in [0.1, 0.15) is 11.6 Å². The highest BCUT2D eigenvalue weighted by atomic mass is 15.2. The van der Waals surface area contributed by atoms with Crippen LogP contribution in [-0.2, 0) is 0 Å². The quantitative estimate of drug-likeness (QED) is 0.685. The van der Waals surface area contributed by atoms with E-state index in [2.05, 4.69) is 29.0 Å². The lowest BCUT2D eigenvalue weighted by atomic mass is 10.2. The molecule has 3 N–H and O–H groups in total. The summed E-state index contributed by atoms with van der Waals surface area (Å²) in [6.07, 6.45) is 0.968. The monoisotopic (exact) mass is 178 g/mol. The molecule has 1 rings (SSSR count). The summed E-state index contributed by atoms with van der Waals surface area (Å²) in [6.45, 7) is 6.67. The minimum absolute atomic E-state index is 0.430. The molecule has 0 atom stereocenters. The molecule has 0 unspecified atom stereocenters. The van der Waals surface area contributed by atoms with E-state index in [1.807, 2.05) is 0 Å². The van der Waals surface area contributed by atoms with E-state index < -0.39 is 0 Å². The minimum atomic E-state index is 0.430. The van der Waals surface area contributed by atoms with Gasteiger partial charge in [-0.25, -0.2) is 0 Å². The number of aromatic nitrogens is 2. The first kappa shape index (κ1) is 9.51. The van der Waals surface area contributed by atoms with Crippen molar-refractivity contribution in [1.82, 2.24) is 10.2 Å². The van der Waals surface area contributed by atoms with Crippen LogP contribution in [0.3, 0.4) is 0 Å². The molecule has 0 bridgehead atoms. The lowest BCUT2D eigenvalue weighted by Gasteiger charge is -2.05. The molecule has 70 valence electrons. The average molecular weight is 178 g/mol. The second-order valence-electron chi connectivity index (χ2n) is 2.80. The highest BCUT2D eigenvalue weighted by Gasteiger charge is 1.94. The lowest BCUT2D eigenvalue weighted by Crippen LogP contribution is -2.06. The minimum Gasteiger partial charge on any atom is -0.382 e. The number of nitrogens with two attached hydrogens (primary N) is 1. The van der Waals surface area contributed by atoms with Gasteiger partial charge in [-0.05, 0) is 18.6 Å². The third-order valence-corrected chi connectivity index (χ3v) is 1.70. The molecule has 0 fully saturated rings. The number of hydrogen-bond acceptors (Lipinski definition) is 4. The van der Waals surface area contributed by atoms with Crippen LogP contribution in [0.4, 0.5) is 11.6 Å². The second kappa shape index (κ2) is 4.45. The van der Waals surface area contributed by atoms with E-state index in [0.29, 0.717) is 5.82 Å². The van der Waals surface area contributed by atoms with Crippen LogP contribution in [0.15, 0.2) is 24.3 Å². The van der Waals surface area contributed by atoms with Crippen LogP contribution in [0.25, 0.3) is 0 Å². The van der Waals surface area contributed by atoms with Gasteiger partial charge in [0, 0.05) is 6.54 Å². The number of nitrogen functional groups attached to an aromatic ring is 1. The molecule has 0 aliphatic heterocycles. The molecule has 0 aliphatic carbocycles. The maximum absolute atomic E-state index is 5.39. The SMILES string of the molecule is C=C(CC)CNc1ccc(N)nn1. The largest absolute Gasteiger partial charge is 0.382 e. The Hall–Kier alpha value is -1.58. The van der Waals surface area contributed by atoms with E-state index in [4.69, 9.17) is 5.73 Å². The van der Waals surface area contributed by atoms with Crippen molar-refractivity contribution in [3.8, 4) is 0 Å². The first-order chi connectivity index (χ1) is 6.22. The highest BCUT2D eigenvalue weighted by molar-refractivity contribution is 5.39. The zero-order valence-electron chi connectivity index (χ0n) is 7.75. The molecule has 0 amide bonds. The van der Waals surface area contributed by atoms with E-state index >= 15 is 0 Å². The van der Waals surface area contributed by atoms with E-state index in [1.165, 1.54) is 0 Å². The van der Waals surface area contributed by atoms with Crippen molar-refractivity contribution >= 4 is 11.6 Å². The van der Waals surface area contributed by atoms with Gasteiger partial charge in [0.2, 0.25) is 0 Å². The van der Waals surface area contributed by atoms with Gasteiger partial charge < -0.3 is 11.1 Å². The Kier molecular flexibility index (Phi) is 3.25. The Balaban J connectivity index is 2.46. The zero-order chi connectivity index (χ0) is 9.68. The maximum atomic E-state index is 5.39. The first-order valence-corrected chi connectivity index (χ1v) is 4.22. The topological polar surface area (TPSA) is 63.8 Å². The fourth-order valence-electron chi connectivity index (χ4n) is 0.777. The summed E-state index contributed by atoms with van der Waals surface area (Å²) in [7, 11) is 0. The molecular formula is C9H14N4. The Bertz CT molecular complexity index is 278. The van der Waals surface area contributed by atoms with Crippen LogP contribution in [-0.4, -0.2) is 16.7 Å². The number of nitrogens with one attached hydrogen (secondary N) is 1. The number of hydrogen-bond donors (Lipinski definition) is 2. The van der Waals surface area contributed by atoms with Crippen LogP contribution in [0.2, 0.25) is 0 Å². The number of anilines is 2. The Morgan fingerprint density at radius 3 is 2.85 bits per heavy atom. The average Bonchev–Trinajstić information content (AvgIpc) is 2.16. The second-order valence-corrected chi connectivity index (χ2v) is 2.80. The van der Waals surface area contributed by atoms with Gasteiger partial charge in [-0.1, -0.05) is 19.1 Å².